The molecule has 4 rings (SSSR count). The van der Waals surface area contributed by atoms with Gasteiger partial charge in [-0.05, 0) is 35.6 Å². The topological polar surface area (TPSA) is 68.1 Å². The SMILES string of the molecule is O=[N+]([O-])c1cccc2c1N[C@H](c1ccncc1)[C@H]1CC=C[C@@H]21. The fourth-order valence-electron chi connectivity index (χ4n) is 3.66. The highest BCUT2D eigenvalue weighted by atomic mass is 16.6. The zero-order chi connectivity index (χ0) is 15.1. The van der Waals surface area contributed by atoms with Crippen LogP contribution in [0.3, 0.4) is 0 Å². The van der Waals surface area contributed by atoms with Crippen LogP contribution >= 0.6 is 0 Å². The molecule has 1 aromatic heterocycles. The highest BCUT2D eigenvalue weighted by Crippen LogP contribution is 2.51. The molecule has 110 valence electrons. The number of benzene rings is 1. The maximum Gasteiger partial charge on any atom is 0.292 e. The van der Waals surface area contributed by atoms with Gasteiger partial charge in [0.25, 0.3) is 5.69 Å². The Labute approximate surface area is 127 Å². The second kappa shape index (κ2) is 4.94. The van der Waals surface area contributed by atoms with Crippen LogP contribution in [0.5, 0.6) is 0 Å². The summed E-state index contributed by atoms with van der Waals surface area (Å²) in [6.07, 6.45) is 8.88. The molecule has 2 aromatic rings. The average molecular weight is 293 g/mol. The summed E-state index contributed by atoms with van der Waals surface area (Å²) in [7, 11) is 0. The molecular formula is C17H15N3O2. The summed E-state index contributed by atoms with van der Waals surface area (Å²) in [5.41, 5.74) is 2.95. The Hall–Kier alpha value is -2.69. The highest BCUT2D eigenvalue weighted by Gasteiger charge is 2.40. The molecule has 1 aliphatic carbocycles. The number of nitro benzene ring substituents is 1. The summed E-state index contributed by atoms with van der Waals surface area (Å²) in [5.74, 6) is 0.617. The van der Waals surface area contributed by atoms with Gasteiger partial charge in [-0.3, -0.25) is 15.1 Å². The number of nitrogens with one attached hydrogen (secondary N) is 1. The zero-order valence-electron chi connectivity index (χ0n) is 11.8. The lowest BCUT2D eigenvalue weighted by molar-refractivity contribution is -0.384. The van der Waals surface area contributed by atoms with Gasteiger partial charge >= 0.3 is 0 Å². The van der Waals surface area contributed by atoms with Crippen molar-refractivity contribution < 1.29 is 4.92 Å². The first-order chi connectivity index (χ1) is 10.8. The van der Waals surface area contributed by atoms with Crippen LogP contribution in [0.25, 0.3) is 0 Å². The van der Waals surface area contributed by atoms with E-state index >= 15 is 0 Å². The molecule has 0 amide bonds. The predicted octanol–water partition coefficient (Wildman–Crippen LogP) is 3.82. The van der Waals surface area contributed by atoms with Gasteiger partial charge in [-0.15, -0.1) is 0 Å². The Kier molecular flexibility index (Phi) is 2.92. The van der Waals surface area contributed by atoms with Gasteiger partial charge in [0, 0.05) is 24.4 Å². The molecule has 22 heavy (non-hydrogen) atoms. The van der Waals surface area contributed by atoms with Crippen LogP contribution in [0.1, 0.15) is 29.5 Å². The summed E-state index contributed by atoms with van der Waals surface area (Å²) in [5, 5.41) is 14.8. The Bertz CT molecular complexity index is 758. The number of nitro groups is 1. The summed E-state index contributed by atoms with van der Waals surface area (Å²) in [6.45, 7) is 0. The van der Waals surface area contributed by atoms with Crippen molar-refractivity contribution in [1.29, 1.82) is 0 Å². The Morgan fingerprint density at radius 3 is 2.82 bits per heavy atom. The van der Waals surface area contributed by atoms with E-state index in [1.54, 1.807) is 24.5 Å². The number of anilines is 1. The molecule has 1 aromatic carbocycles. The van der Waals surface area contributed by atoms with Gasteiger partial charge in [0.15, 0.2) is 0 Å². The molecule has 5 heteroatoms. The summed E-state index contributed by atoms with van der Waals surface area (Å²) in [6, 6.07) is 9.35. The monoisotopic (exact) mass is 293 g/mol. The fourth-order valence-corrected chi connectivity index (χ4v) is 3.66. The minimum absolute atomic E-state index is 0.0663. The molecule has 1 N–H and O–H groups in total. The Morgan fingerprint density at radius 1 is 1.23 bits per heavy atom. The number of aromatic nitrogens is 1. The molecule has 0 saturated carbocycles. The van der Waals surface area contributed by atoms with E-state index in [1.807, 2.05) is 18.2 Å². The third-order valence-electron chi connectivity index (χ3n) is 4.64. The molecule has 5 nitrogen and oxygen atoms in total. The minimum Gasteiger partial charge on any atom is -0.372 e. The number of nitrogens with zero attached hydrogens (tertiary/aromatic N) is 2. The van der Waals surface area contributed by atoms with Crippen molar-refractivity contribution in [1.82, 2.24) is 4.98 Å². The van der Waals surface area contributed by atoms with Crippen molar-refractivity contribution in [2.45, 2.75) is 18.4 Å². The first-order valence-electron chi connectivity index (χ1n) is 7.36. The van der Waals surface area contributed by atoms with Gasteiger partial charge in [-0.25, -0.2) is 0 Å². The van der Waals surface area contributed by atoms with E-state index in [0.717, 1.165) is 17.5 Å². The molecule has 0 spiro atoms. The standard InChI is InChI=1S/C17H15N3O2/c21-20(22)15-6-2-5-14-12-3-1-4-13(12)16(19-17(14)15)11-7-9-18-10-8-11/h1-3,5-10,12-13,16,19H,4H2/t12-,13+,16-/m1/s1. The Balaban J connectivity index is 1.85. The lowest BCUT2D eigenvalue weighted by atomic mass is 9.77. The largest absolute Gasteiger partial charge is 0.372 e. The molecule has 0 fully saturated rings. The lowest BCUT2D eigenvalue weighted by Crippen LogP contribution is -2.29. The van der Waals surface area contributed by atoms with Crippen molar-refractivity contribution in [2.24, 2.45) is 5.92 Å². The van der Waals surface area contributed by atoms with E-state index < -0.39 is 0 Å². The average Bonchev–Trinajstić information content (AvgIpc) is 3.04. The quantitative estimate of drug-likeness (QED) is 0.519. The predicted molar refractivity (Wildman–Crippen MR) is 83.7 cm³/mol. The fraction of sp³-hybridized carbons (Fsp3) is 0.235. The molecular weight excluding hydrogens is 278 g/mol. The number of para-hydroxylation sites is 1. The van der Waals surface area contributed by atoms with Crippen molar-refractivity contribution in [3.63, 3.8) is 0 Å². The highest BCUT2D eigenvalue weighted by molar-refractivity contribution is 5.71. The molecule has 0 unspecified atom stereocenters. The molecule has 2 aliphatic rings. The van der Waals surface area contributed by atoms with Gasteiger partial charge < -0.3 is 5.32 Å². The maximum atomic E-state index is 11.3. The number of allylic oxidation sites excluding steroid dienone is 2. The van der Waals surface area contributed by atoms with Crippen LogP contribution in [-0.2, 0) is 0 Å². The van der Waals surface area contributed by atoms with Gasteiger partial charge in [0.2, 0.25) is 0 Å². The number of rotatable bonds is 2. The first-order valence-corrected chi connectivity index (χ1v) is 7.36. The van der Waals surface area contributed by atoms with Crippen LogP contribution in [0.2, 0.25) is 0 Å². The summed E-state index contributed by atoms with van der Waals surface area (Å²) >= 11 is 0. The van der Waals surface area contributed by atoms with E-state index in [2.05, 4.69) is 22.5 Å². The molecule has 3 atom stereocenters. The lowest BCUT2D eigenvalue weighted by Gasteiger charge is -2.37. The molecule has 2 heterocycles. The van der Waals surface area contributed by atoms with Crippen LogP contribution in [0.4, 0.5) is 11.4 Å². The maximum absolute atomic E-state index is 11.3. The second-order valence-corrected chi connectivity index (χ2v) is 5.75. The van der Waals surface area contributed by atoms with Crippen LogP contribution in [0.15, 0.2) is 54.9 Å². The van der Waals surface area contributed by atoms with E-state index in [1.165, 1.54) is 0 Å². The smallest absolute Gasteiger partial charge is 0.292 e. The van der Waals surface area contributed by atoms with Gasteiger partial charge in [0.1, 0.15) is 5.69 Å². The molecule has 1 aliphatic heterocycles. The molecule has 0 bridgehead atoms. The number of hydrogen-bond donors (Lipinski definition) is 1. The third kappa shape index (κ3) is 1.89. The van der Waals surface area contributed by atoms with E-state index in [-0.39, 0.29) is 22.6 Å². The van der Waals surface area contributed by atoms with E-state index in [9.17, 15) is 10.1 Å². The first kappa shape index (κ1) is 13.0. The second-order valence-electron chi connectivity index (χ2n) is 5.75. The van der Waals surface area contributed by atoms with E-state index in [4.69, 9.17) is 0 Å². The normalized spacial score (nSPS) is 25.2. The van der Waals surface area contributed by atoms with Crippen LogP contribution in [-0.4, -0.2) is 9.91 Å². The molecule has 0 saturated heterocycles. The minimum atomic E-state index is -0.311. The van der Waals surface area contributed by atoms with Crippen molar-refractivity contribution in [3.8, 4) is 0 Å². The van der Waals surface area contributed by atoms with Gasteiger partial charge in [-0.2, -0.15) is 0 Å². The third-order valence-corrected chi connectivity index (χ3v) is 4.64. The zero-order valence-corrected chi connectivity index (χ0v) is 11.8. The number of pyridine rings is 1. The van der Waals surface area contributed by atoms with Crippen molar-refractivity contribution in [2.75, 3.05) is 5.32 Å². The van der Waals surface area contributed by atoms with E-state index in [0.29, 0.717) is 11.6 Å². The summed E-state index contributed by atoms with van der Waals surface area (Å²) < 4.78 is 0. The Morgan fingerprint density at radius 2 is 2.05 bits per heavy atom. The number of fused-ring (bicyclic) bond motifs is 3. The van der Waals surface area contributed by atoms with Gasteiger partial charge in [0.05, 0.1) is 11.0 Å². The van der Waals surface area contributed by atoms with Crippen molar-refractivity contribution >= 4 is 11.4 Å². The summed E-state index contributed by atoms with van der Waals surface area (Å²) in [4.78, 5) is 15.1. The molecule has 0 radical (unpaired) electrons. The number of hydrogen-bond acceptors (Lipinski definition) is 4. The van der Waals surface area contributed by atoms with Gasteiger partial charge in [-0.1, -0.05) is 24.3 Å². The van der Waals surface area contributed by atoms with Crippen LogP contribution < -0.4 is 5.32 Å². The van der Waals surface area contributed by atoms with Crippen LogP contribution in [0, 0.1) is 16.0 Å². The van der Waals surface area contributed by atoms with Crippen molar-refractivity contribution in [3.05, 3.63) is 76.1 Å².